The molecule has 0 unspecified atom stereocenters. The van der Waals surface area contributed by atoms with Crippen molar-refractivity contribution in [1.29, 1.82) is 0 Å². The highest BCUT2D eigenvalue weighted by Gasteiger charge is 2.43. The third-order valence-corrected chi connectivity index (χ3v) is 2.70. The predicted molar refractivity (Wildman–Crippen MR) is 49.3 cm³/mol. The molecule has 0 aromatic carbocycles. The van der Waals surface area contributed by atoms with Crippen molar-refractivity contribution in [1.82, 2.24) is 5.32 Å². The SMILES string of the molecule is CC(=O)[C@H]1CN[C@H](C(=O)O)[C@H]1CC(=O)O. The van der Waals surface area contributed by atoms with E-state index < -0.39 is 29.8 Å². The Bertz CT molecular complexity index is 279. The second-order valence-electron chi connectivity index (χ2n) is 3.70. The molecule has 0 amide bonds. The van der Waals surface area contributed by atoms with E-state index in [4.69, 9.17) is 10.2 Å². The van der Waals surface area contributed by atoms with Crippen LogP contribution in [0, 0.1) is 11.8 Å². The topological polar surface area (TPSA) is 104 Å². The maximum atomic E-state index is 11.2. The zero-order chi connectivity index (χ0) is 11.6. The van der Waals surface area contributed by atoms with Crippen LogP contribution in [0.25, 0.3) is 0 Å². The van der Waals surface area contributed by atoms with Crippen LogP contribution >= 0.6 is 0 Å². The van der Waals surface area contributed by atoms with Crippen LogP contribution < -0.4 is 5.32 Å². The Morgan fingerprint density at radius 2 is 1.93 bits per heavy atom. The Kier molecular flexibility index (Phi) is 3.41. The molecule has 1 aliphatic heterocycles. The Balaban J connectivity index is 2.82. The van der Waals surface area contributed by atoms with Crippen molar-refractivity contribution in [3.63, 3.8) is 0 Å². The van der Waals surface area contributed by atoms with Gasteiger partial charge in [-0.3, -0.25) is 14.4 Å². The van der Waals surface area contributed by atoms with Gasteiger partial charge in [0, 0.05) is 18.4 Å². The van der Waals surface area contributed by atoms with Crippen LogP contribution in [-0.2, 0) is 14.4 Å². The third kappa shape index (κ3) is 2.53. The van der Waals surface area contributed by atoms with Gasteiger partial charge in [0.05, 0.1) is 6.42 Å². The molecular formula is C9H13NO5. The molecule has 1 saturated heterocycles. The fourth-order valence-corrected chi connectivity index (χ4v) is 1.97. The van der Waals surface area contributed by atoms with Crippen LogP contribution in [-0.4, -0.2) is 40.5 Å². The molecule has 6 heteroatoms. The van der Waals surface area contributed by atoms with Gasteiger partial charge in [0.1, 0.15) is 11.8 Å². The van der Waals surface area contributed by atoms with Crippen LogP contribution in [0.3, 0.4) is 0 Å². The van der Waals surface area contributed by atoms with Crippen molar-refractivity contribution >= 4 is 17.7 Å². The number of aliphatic carboxylic acids is 2. The molecule has 0 aliphatic carbocycles. The Morgan fingerprint density at radius 3 is 2.33 bits per heavy atom. The zero-order valence-corrected chi connectivity index (χ0v) is 8.27. The molecule has 0 aromatic heterocycles. The number of nitrogens with one attached hydrogen (secondary N) is 1. The van der Waals surface area contributed by atoms with Gasteiger partial charge < -0.3 is 15.5 Å². The molecule has 0 aromatic rings. The van der Waals surface area contributed by atoms with Crippen LogP contribution in [0.15, 0.2) is 0 Å². The number of rotatable bonds is 4. The number of carboxylic acid groups (broad SMARTS) is 2. The van der Waals surface area contributed by atoms with Gasteiger partial charge >= 0.3 is 11.9 Å². The van der Waals surface area contributed by atoms with E-state index in [9.17, 15) is 14.4 Å². The molecular weight excluding hydrogens is 202 g/mol. The summed E-state index contributed by atoms with van der Waals surface area (Å²) >= 11 is 0. The molecule has 6 nitrogen and oxygen atoms in total. The summed E-state index contributed by atoms with van der Waals surface area (Å²) in [7, 11) is 0. The van der Waals surface area contributed by atoms with Gasteiger partial charge in [0.15, 0.2) is 0 Å². The first-order chi connectivity index (χ1) is 6.93. The maximum Gasteiger partial charge on any atom is 0.321 e. The van der Waals surface area contributed by atoms with Crippen LogP contribution in [0.4, 0.5) is 0 Å². The molecule has 3 atom stereocenters. The van der Waals surface area contributed by atoms with Gasteiger partial charge in [-0.15, -0.1) is 0 Å². The lowest BCUT2D eigenvalue weighted by Crippen LogP contribution is -2.37. The first-order valence-corrected chi connectivity index (χ1v) is 4.62. The number of ketones is 1. The van der Waals surface area contributed by atoms with Crippen molar-refractivity contribution < 1.29 is 24.6 Å². The monoisotopic (exact) mass is 215 g/mol. The zero-order valence-electron chi connectivity index (χ0n) is 8.27. The minimum absolute atomic E-state index is 0.169. The molecule has 1 fully saturated rings. The summed E-state index contributed by atoms with van der Waals surface area (Å²) < 4.78 is 0. The van der Waals surface area contributed by atoms with E-state index in [1.54, 1.807) is 0 Å². The minimum Gasteiger partial charge on any atom is -0.481 e. The molecule has 0 saturated carbocycles. The molecule has 1 aliphatic rings. The molecule has 84 valence electrons. The Hall–Kier alpha value is -1.43. The predicted octanol–water partition coefficient (Wildman–Crippen LogP) is -0.661. The van der Waals surface area contributed by atoms with Crippen LogP contribution in [0.2, 0.25) is 0 Å². The second kappa shape index (κ2) is 4.39. The molecule has 15 heavy (non-hydrogen) atoms. The number of carbonyl (C=O) groups is 3. The third-order valence-electron chi connectivity index (χ3n) is 2.70. The number of hydrogen-bond donors (Lipinski definition) is 3. The normalized spacial score (nSPS) is 30.1. The Labute approximate surface area is 86.3 Å². The smallest absolute Gasteiger partial charge is 0.321 e. The molecule has 0 radical (unpaired) electrons. The van der Waals surface area contributed by atoms with E-state index in [1.807, 2.05) is 0 Å². The highest BCUT2D eigenvalue weighted by molar-refractivity contribution is 5.84. The summed E-state index contributed by atoms with van der Waals surface area (Å²) in [5, 5.41) is 20.1. The van der Waals surface area contributed by atoms with Gasteiger partial charge in [0.25, 0.3) is 0 Å². The van der Waals surface area contributed by atoms with Gasteiger partial charge in [-0.25, -0.2) is 0 Å². The number of Topliss-reactive ketones (excluding diaryl/α,β-unsaturated/α-hetero) is 1. The maximum absolute atomic E-state index is 11.2. The first-order valence-electron chi connectivity index (χ1n) is 4.62. The van der Waals surface area contributed by atoms with Crippen LogP contribution in [0.1, 0.15) is 13.3 Å². The lowest BCUT2D eigenvalue weighted by atomic mass is 9.85. The standard InChI is InChI=1S/C9H13NO5/c1-4(11)6-3-10-8(9(14)15)5(6)2-7(12)13/h5-6,8,10H,2-3H2,1H3,(H,12,13)(H,14,15)/t5-,6+,8-/m0/s1. The second-order valence-corrected chi connectivity index (χ2v) is 3.70. The summed E-state index contributed by atoms with van der Waals surface area (Å²) in [6.07, 6.45) is -0.297. The van der Waals surface area contributed by atoms with Gasteiger partial charge in [-0.1, -0.05) is 0 Å². The number of hydrogen-bond acceptors (Lipinski definition) is 4. The van der Waals surface area contributed by atoms with Crippen molar-refractivity contribution in [2.24, 2.45) is 11.8 Å². The quantitative estimate of drug-likeness (QED) is 0.575. The van der Waals surface area contributed by atoms with Gasteiger partial charge in [0.2, 0.25) is 0 Å². The van der Waals surface area contributed by atoms with E-state index >= 15 is 0 Å². The minimum atomic E-state index is -1.11. The fraction of sp³-hybridized carbons (Fsp3) is 0.667. The molecule has 0 spiro atoms. The van der Waals surface area contributed by atoms with E-state index in [0.717, 1.165) is 0 Å². The van der Waals surface area contributed by atoms with E-state index in [-0.39, 0.29) is 18.7 Å². The first kappa shape index (κ1) is 11.6. The van der Waals surface area contributed by atoms with Crippen molar-refractivity contribution in [3.8, 4) is 0 Å². The molecule has 1 heterocycles. The lowest BCUT2D eigenvalue weighted by Gasteiger charge is -2.17. The van der Waals surface area contributed by atoms with Crippen molar-refractivity contribution in [2.45, 2.75) is 19.4 Å². The highest BCUT2D eigenvalue weighted by atomic mass is 16.4. The average Bonchev–Trinajstić information content (AvgIpc) is 2.46. The van der Waals surface area contributed by atoms with E-state index in [1.165, 1.54) is 6.92 Å². The van der Waals surface area contributed by atoms with E-state index in [2.05, 4.69) is 5.32 Å². The van der Waals surface area contributed by atoms with Crippen LogP contribution in [0.5, 0.6) is 0 Å². The number of carbonyl (C=O) groups excluding carboxylic acids is 1. The summed E-state index contributed by atoms with van der Waals surface area (Å²) in [4.78, 5) is 32.5. The molecule has 3 N–H and O–H groups in total. The summed E-state index contributed by atoms with van der Waals surface area (Å²) in [5.74, 6) is -3.52. The lowest BCUT2D eigenvalue weighted by molar-refractivity contribution is -0.142. The fourth-order valence-electron chi connectivity index (χ4n) is 1.97. The largest absolute Gasteiger partial charge is 0.481 e. The highest BCUT2D eigenvalue weighted by Crippen LogP contribution is 2.26. The van der Waals surface area contributed by atoms with Crippen molar-refractivity contribution in [3.05, 3.63) is 0 Å². The summed E-state index contributed by atoms with van der Waals surface area (Å²) in [5.41, 5.74) is 0. The summed E-state index contributed by atoms with van der Waals surface area (Å²) in [6.45, 7) is 1.59. The summed E-state index contributed by atoms with van der Waals surface area (Å²) in [6, 6.07) is -0.935. The van der Waals surface area contributed by atoms with E-state index in [0.29, 0.717) is 0 Å². The number of carboxylic acids is 2. The van der Waals surface area contributed by atoms with Gasteiger partial charge in [-0.05, 0) is 6.92 Å². The van der Waals surface area contributed by atoms with Crippen molar-refractivity contribution in [2.75, 3.05) is 6.54 Å². The van der Waals surface area contributed by atoms with Gasteiger partial charge in [-0.2, -0.15) is 0 Å². The Morgan fingerprint density at radius 1 is 1.33 bits per heavy atom. The molecule has 1 rings (SSSR count). The molecule has 0 bridgehead atoms. The average molecular weight is 215 g/mol.